The van der Waals surface area contributed by atoms with Gasteiger partial charge in [-0.25, -0.2) is 8.42 Å². The standard InChI is InChI=1S/C31H36N4O6S/c1-4-29(36)32-21-24(20-30(37)41-22-23-10-6-5-7-11-23)31(38)34-16-18-35(19-17-34)42(39,40)28-15-9-12-25-26(28)13-8-14-27(25)33(2)3/h4-15,24H,1,16-22H2,2-3H3,(H,32,36)/t24-/m0/s1. The van der Waals surface area contributed by atoms with Crippen LogP contribution in [0.2, 0.25) is 0 Å². The molecule has 4 rings (SSSR count). The number of amides is 2. The lowest BCUT2D eigenvalue weighted by molar-refractivity contribution is -0.150. The van der Waals surface area contributed by atoms with Crippen molar-refractivity contribution in [1.82, 2.24) is 14.5 Å². The smallest absolute Gasteiger partial charge is 0.306 e. The van der Waals surface area contributed by atoms with E-state index in [1.165, 1.54) is 9.21 Å². The van der Waals surface area contributed by atoms with Gasteiger partial charge in [-0.3, -0.25) is 14.4 Å². The summed E-state index contributed by atoms with van der Waals surface area (Å²) in [6, 6.07) is 20.0. The fourth-order valence-electron chi connectivity index (χ4n) is 4.97. The first-order valence-corrected chi connectivity index (χ1v) is 15.1. The van der Waals surface area contributed by atoms with Gasteiger partial charge < -0.3 is 19.9 Å². The van der Waals surface area contributed by atoms with Crippen molar-refractivity contribution in [2.45, 2.75) is 17.9 Å². The highest BCUT2D eigenvalue weighted by Crippen LogP contribution is 2.32. The van der Waals surface area contributed by atoms with Crippen LogP contribution in [0.5, 0.6) is 0 Å². The number of nitrogens with zero attached hydrogens (tertiary/aromatic N) is 3. The van der Waals surface area contributed by atoms with Gasteiger partial charge in [0, 0.05) is 63.3 Å². The maximum atomic E-state index is 13.7. The van der Waals surface area contributed by atoms with Gasteiger partial charge in [-0.2, -0.15) is 4.31 Å². The van der Waals surface area contributed by atoms with Crippen LogP contribution in [0.15, 0.2) is 84.3 Å². The highest BCUT2D eigenvalue weighted by atomic mass is 32.2. The Morgan fingerprint density at radius 1 is 0.952 bits per heavy atom. The number of anilines is 1. The minimum absolute atomic E-state index is 0.0698. The number of nitrogens with one attached hydrogen (secondary N) is 1. The second kappa shape index (κ2) is 13.6. The highest BCUT2D eigenvalue weighted by Gasteiger charge is 2.34. The molecule has 0 radical (unpaired) electrons. The van der Waals surface area contributed by atoms with E-state index in [9.17, 15) is 22.8 Å². The van der Waals surface area contributed by atoms with Gasteiger partial charge >= 0.3 is 5.97 Å². The molecule has 0 unspecified atom stereocenters. The van der Waals surface area contributed by atoms with Crippen LogP contribution < -0.4 is 10.2 Å². The molecule has 10 nitrogen and oxygen atoms in total. The van der Waals surface area contributed by atoms with Crippen LogP contribution in [-0.4, -0.2) is 82.2 Å². The van der Waals surface area contributed by atoms with Gasteiger partial charge in [0.05, 0.1) is 17.2 Å². The summed E-state index contributed by atoms with van der Waals surface area (Å²) in [4.78, 5) is 41.6. The molecule has 0 saturated carbocycles. The predicted octanol–water partition coefficient (Wildman–Crippen LogP) is 2.79. The number of piperazine rings is 1. The van der Waals surface area contributed by atoms with Gasteiger partial charge in [0.15, 0.2) is 0 Å². The number of ether oxygens (including phenoxy) is 1. The van der Waals surface area contributed by atoms with Crippen LogP contribution in [-0.2, 0) is 35.8 Å². The van der Waals surface area contributed by atoms with Gasteiger partial charge in [0.1, 0.15) is 6.61 Å². The first-order valence-electron chi connectivity index (χ1n) is 13.7. The molecule has 1 atom stereocenters. The first kappa shape index (κ1) is 30.7. The SMILES string of the molecule is C=CC(=O)NC[C@H](CC(=O)OCc1ccccc1)C(=O)N1CCN(S(=O)(=O)c2cccc3c(N(C)C)cccc23)CC1. The lowest BCUT2D eigenvalue weighted by Crippen LogP contribution is -2.53. The molecule has 3 aromatic rings. The molecule has 2 amide bonds. The number of carbonyl (C=O) groups is 3. The fraction of sp³-hybridized carbons (Fsp3) is 0.323. The summed E-state index contributed by atoms with van der Waals surface area (Å²) in [6.45, 7) is 3.91. The normalized spacial score (nSPS) is 14.7. The van der Waals surface area contributed by atoms with Crippen LogP contribution >= 0.6 is 0 Å². The van der Waals surface area contributed by atoms with Crippen molar-refractivity contribution in [2.75, 3.05) is 51.7 Å². The van der Waals surface area contributed by atoms with E-state index >= 15 is 0 Å². The molecule has 1 saturated heterocycles. The average Bonchev–Trinajstić information content (AvgIpc) is 3.01. The molecule has 0 aliphatic carbocycles. The lowest BCUT2D eigenvalue weighted by Gasteiger charge is -2.36. The molecule has 0 aromatic heterocycles. The maximum Gasteiger partial charge on any atom is 0.306 e. The number of hydrogen-bond acceptors (Lipinski definition) is 7. The van der Waals surface area contributed by atoms with Gasteiger partial charge in [0.25, 0.3) is 0 Å². The summed E-state index contributed by atoms with van der Waals surface area (Å²) < 4.78 is 34.2. The number of fused-ring (bicyclic) bond motifs is 1. The molecule has 0 bridgehead atoms. The highest BCUT2D eigenvalue weighted by molar-refractivity contribution is 7.89. The monoisotopic (exact) mass is 592 g/mol. The van der Waals surface area contributed by atoms with E-state index in [2.05, 4.69) is 11.9 Å². The van der Waals surface area contributed by atoms with Gasteiger partial charge in [0.2, 0.25) is 21.8 Å². The van der Waals surface area contributed by atoms with Crippen molar-refractivity contribution in [3.8, 4) is 0 Å². The van der Waals surface area contributed by atoms with Gasteiger partial charge in [-0.15, -0.1) is 0 Å². The fourth-order valence-corrected chi connectivity index (χ4v) is 6.60. The lowest BCUT2D eigenvalue weighted by atomic mass is 10.0. The predicted molar refractivity (Wildman–Crippen MR) is 161 cm³/mol. The van der Waals surface area contributed by atoms with Gasteiger partial charge in [-0.1, -0.05) is 61.2 Å². The van der Waals surface area contributed by atoms with Crippen LogP contribution in [0.3, 0.4) is 0 Å². The van der Waals surface area contributed by atoms with Crippen molar-refractivity contribution >= 4 is 44.3 Å². The molecule has 0 spiro atoms. The molecule has 1 N–H and O–H groups in total. The van der Waals surface area contributed by atoms with E-state index in [1.54, 1.807) is 18.2 Å². The minimum Gasteiger partial charge on any atom is -0.461 e. The summed E-state index contributed by atoms with van der Waals surface area (Å²) in [6.07, 6.45) is 0.861. The number of esters is 1. The Morgan fingerprint density at radius 2 is 1.62 bits per heavy atom. The molecular weight excluding hydrogens is 556 g/mol. The van der Waals surface area contributed by atoms with Crippen molar-refractivity contribution in [3.63, 3.8) is 0 Å². The van der Waals surface area contributed by atoms with Crippen LogP contribution in [0.4, 0.5) is 5.69 Å². The molecule has 3 aromatic carbocycles. The number of hydrogen-bond donors (Lipinski definition) is 1. The largest absolute Gasteiger partial charge is 0.461 e. The topological polar surface area (TPSA) is 116 Å². The van der Waals surface area contributed by atoms with E-state index in [1.807, 2.05) is 67.5 Å². The number of benzene rings is 3. The van der Waals surface area contributed by atoms with E-state index in [4.69, 9.17) is 4.74 Å². The van der Waals surface area contributed by atoms with Crippen LogP contribution in [0.1, 0.15) is 12.0 Å². The zero-order valence-corrected chi connectivity index (χ0v) is 24.7. The summed E-state index contributed by atoms with van der Waals surface area (Å²) >= 11 is 0. The van der Waals surface area contributed by atoms with Crippen molar-refractivity contribution in [2.24, 2.45) is 5.92 Å². The van der Waals surface area contributed by atoms with E-state index in [0.29, 0.717) is 5.39 Å². The number of sulfonamides is 1. The quantitative estimate of drug-likeness (QED) is 0.269. The van der Waals surface area contributed by atoms with Crippen molar-refractivity contribution in [1.29, 1.82) is 0 Å². The summed E-state index contributed by atoms with van der Waals surface area (Å²) in [5.74, 6) is -2.26. The Morgan fingerprint density at radius 3 is 2.29 bits per heavy atom. The van der Waals surface area contributed by atoms with Gasteiger partial charge in [-0.05, 0) is 23.8 Å². The number of carbonyl (C=O) groups excluding carboxylic acids is 3. The number of rotatable bonds is 11. The molecule has 1 fully saturated rings. The maximum absolute atomic E-state index is 13.7. The van der Waals surface area contributed by atoms with Crippen molar-refractivity contribution in [3.05, 3.63) is 84.9 Å². The van der Waals surface area contributed by atoms with E-state index < -0.39 is 27.8 Å². The molecule has 1 aliphatic rings. The molecule has 222 valence electrons. The molecule has 42 heavy (non-hydrogen) atoms. The Labute approximate surface area is 246 Å². The molecule has 1 aliphatic heterocycles. The van der Waals surface area contributed by atoms with E-state index in [0.717, 1.165) is 22.7 Å². The van der Waals surface area contributed by atoms with Crippen LogP contribution in [0, 0.1) is 5.92 Å². The zero-order chi connectivity index (χ0) is 30.3. The third-order valence-corrected chi connectivity index (χ3v) is 9.18. The van der Waals surface area contributed by atoms with Crippen molar-refractivity contribution < 1.29 is 27.5 Å². The Bertz CT molecular complexity index is 1550. The summed E-state index contributed by atoms with van der Waals surface area (Å²) in [5.41, 5.74) is 1.73. The Kier molecular flexibility index (Phi) is 9.97. The Balaban J connectivity index is 1.44. The third kappa shape index (κ3) is 7.15. The second-order valence-electron chi connectivity index (χ2n) is 10.2. The molecular formula is C31H36N4O6S. The summed E-state index contributed by atoms with van der Waals surface area (Å²) in [7, 11) is -0.0274. The third-order valence-electron chi connectivity index (χ3n) is 7.22. The first-order chi connectivity index (χ1) is 20.1. The van der Waals surface area contributed by atoms with E-state index in [-0.39, 0.29) is 56.6 Å². The zero-order valence-electron chi connectivity index (χ0n) is 23.9. The second-order valence-corrected chi connectivity index (χ2v) is 12.2. The minimum atomic E-state index is -3.84. The molecule has 11 heteroatoms. The van der Waals surface area contributed by atoms with Crippen LogP contribution in [0.25, 0.3) is 10.8 Å². The summed E-state index contributed by atoms with van der Waals surface area (Å²) in [5, 5.41) is 4.06. The Hall–Kier alpha value is -4.22. The average molecular weight is 593 g/mol. The molecule has 1 heterocycles.